The van der Waals surface area contributed by atoms with Gasteiger partial charge in [-0.15, -0.1) is 0 Å². The Morgan fingerprint density at radius 2 is 1.71 bits per heavy atom. The largest absolute Gasteiger partial charge is 0.378 e. The second-order valence-corrected chi connectivity index (χ2v) is 6.19. The van der Waals surface area contributed by atoms with Crippen LogP contribution < -0.4 is 4.90 Å². The summed E-state index contributed by atoms with van der Waals surface area (Å²) in [6.45, 7) is 7.50. The molecular formula is C21H23NO2. The van der Waals surface area contributed by atoms with Crippen molar-refractivity contribution >= 4 is 17.5 Å². The number of aryl methyl sites for hydroxylation is 2. The summed E-state index contributed by atoms with van der Waals surface area (Å²) in [7, 11) is 0. The molecule has 0 aliphatic carbocycles. The van der Waals surface area contributed by atoms with Crippen molar-refractivity contribution in [1.29, 1.82) is 0 Å². The molecule has 3 rings (SSSR count). The number of hydrogen-bond acceptors (Lipinski definition) is 3. The van der Waals surface area contributed by atoms with Crippen LogP contribution in [-0.2, 0) is 4.74 Å². The Hall–Kier alpha value is -2.39. The van der Waals surface area contributed by atoms with Crippen LogP contribution in [-0.4, -0.2) is 32.1 Å². The van der Waals surface area contributed by atoms with Crippen LogP contribution in [0.3, 0.4) is 0 Å². The number of allylic oxidation sites excluding steroid dienone is 1. The lowest BCUT2D eigenvalue weighted by atomic mass is 10.0. The number of carbonyl (C=O) groups excluding carboxylic acids is 1. The van der Waals surface area contributed by atoms with Crippen LogP contribution in [0.2, 0.25) is 0 Å². The predicted molar refractivity (Wildman–Crippen MR) is 98.8 cm³/mol. The highest BCUT2D eigenvalue weighted by Crippen LogP contribution is 2.17. The maximum absolute atomic E-state index is 12.3. The van der Waals surface area contributed by atoms with Crippen LogP contribution in [0.5, 0.6) is 0 Å². The zero-order chi connectivity index (χ0) is 16.9. The fourth-order valence-corrected chi connectivity index (χ4v) is 2.79. The van der Waals surface area contributed by atoms with Crippen molar-refractivity contribution in [2.45, 2.75) is 13.8 Å². The molecule has 1 aliphatic heterocycles. The minimum atomic E-state index is 0.0294. The van der Waals surface area contributed by atoms with E-state index in [2.05, 4.69) is 30.9 Å². The number of nitrogens with zero attached hydrogens (tertiary/aromatic N) is 1. The van der Waals surface area contributed by atoms with Crippen LogP contribution in [0.1, 0.15) is 27.0 Å². The van der Waals surface area contributed by atoms with E-state index >= 15 is 0 Å². The van der Waals surface area contributed by atoms with Gasteiger partial charge >= 0.3 is 0 Å². The van der Waals surface area contributed by atoms with Crippen molar-refractivity contribution in [3.05, 3.63) is 70.8 Å². The zero-order valence-electron chi connectivity index (χ0n) is 14.3. The Balaban J connectivity index is 1.68. The summed E-state index contributed by atoms with van der Waals surface area (Å²) in [4.78, 5) is 14.6. The molecule has 1 heterocycles. The average molecular weight is 321 g/mol. The highest BCUT2D eigenvalue weighted by molar-refractivity contribution is 6.07. The van der Waals surface area contributed by atoms with E-state index in [-0.39, 0.29) is 5.78 Å². The van der Waals surface area contributed by atoms with Gasteiger partial charge in [-0.2, -0.15) is 0 Å². The van der Waals surface area contributed by atoms with Gasteiger partial charge < -0.3 is 9.64 Å². The van der Waals surface area contributed by atoms with Crippen molar-refractivity contribution in [3.63, 3.8) is 0 Å². The number of morpholine rings is 1. The van der Waals surface area contributed by atoms with Gasteiger partial charge in [0.1, 0.15) is 0 Å². The Kier molecular flexibility index (Phi) is 5.11. The first-order valence-corrected chi connectivity index (χ1v) is 8.36. The Morgan fingerprint density at radius 3 is 2.38 bits per heavy atom. The molecule has 1 fully saturated rings. The molecule has 0 saturated carbocycles. The molecule has 0 aromatic heterocycles. The first kappa shape index (κ1) is 16.5. The summed E-state index contributed by atoms with van der Waals surface area (Å²) < 4.78 is 5.37. The van der Waals surface area contributed by atoms with Gasteiger partial charge in [-0.1, -0.05) is 24.3 Å². The molecule has 0 atom stereocenters. The van der Waals surface area contributed by atoms with Crippen LogP contribution in [0.15, 0.2) is 48.5 Å². The lowest BCUT2D eigenvalue weighted by Gasteiger charge is -2.28. The average Bonchev–Trinajstić information content (AvgIpc) is 2.63. The lowest BCUT2D eigenvalue weighted by Crippen LogP contribution is -2.36. The third-order valence-electron chi connectivity index (χ3n) is 4.49. The number of ether oxygens (including phenoxy) is 1. The Morgan fingerprint density at radius 1 is 1.00 bits per heavy atom. The first-order valence-electron chi connectivity index (χ1n) is 8.36. The predicted octanol–water partition coefficient (Wildman–Crippen LogP) is 4.04. The molecule has 124 valence electrons. The van der Waals surface area contributed by atoms with Gasteiger partial charge in [0.2, 0.25) is 0 Å². The molecule has 1 saturated heterocycles. The summed E-state index contributed by atoms with van der Waals surface area (Å²) >= 11 is 0. The van der Waals surface area contributed by atoms with Gasteiger partial charge in [0, 0.05) is 24.3 Å². The number of ketones is 1. The maximum atomic E-state index is 12.3. The van der Waals surface area contributed by atoms with E-state index in [4.69, 9.17) is 4.74 Å². The Bertz CT molecular complexity index is 741. The molecular weight excluding hydrogens is 298 g/mol. The van der Waals surface area contributed by atoms with Crippen molar-refractivity contribution in [2.24, 2.45) is 0 Å². The summed E-state index contributed by atoms with van der Waals surface area (Å²) in [5.41, 5.74) is 5.41. The number of benzene rings is 2. The lowest BCUT2D eigenvalue weighted by molar-refractivity contribution is 0.104. The third kappa shape index (κ3) is 3.92. The molecule has 0 spiro atoms. The van der Waals surface area contributed by atoms with Crippen molar-refractivity contribution in [3.8, 4) is 0 Å². The summed E-state index contributed by atoms with van der Waals surface area (Å²) in [6, 6.07) is 14.0. The normalized spacial score (nSPS) is 15.0. The molecule has 2 aromatic carbocycles. The SMILES string of the molecule is Cc1ccc(/C=C/C(=O)c2ccc(N3CCOCC3)cc2)cc1C. The maximum Gasteiger partial charge on any atom is 0.185 e. The summed E-state index contributed by atoms with van der Waals surface area (Å²) in [5, 5.41) is 0. The van der Waals surface area contributed by atoms with E-state index in [9.17, 15) is 4.79 Å². The smallest absolute Gasteiger partial charge is 0.185 e. The third-order valence-corrected chi connectivity index (χ3v) is 4.49. The van der Waals surface area contributed by atoms with Crippen molar-refractivity contribution in [2.75, 3.05) is 31.2 Å². The second-order valence-electron chi connectivity index (χ2n) is 6.19. The fraction of sp³-hybridized carbons (Fsp3) is 0.286. The first-order chi connectivity index (χ1) is 11.6. The van der Waals surface area contributed by atoms with Gasteiger partial charge in [0.25, 0.3) is 0 Å². The molecule has 0 bridgehead atoms. The molecule has 1 aliphatic rings. The van der Waals surface area contributed by atoms with E-state index in [1.807, 2.05) is 36.4 Å². The van der Waals surface area contributed by atoms with E-state index in [1.165, 1.54) is 11.1 Å². The number of anilines is 1. The van der Waals surface area contributed by atoms with Gasteiger partial charge in [-0.3, -0.25) is 4.79 Å². The van der Waals surface area contributed by atoms with Gasteiger partial charge in [-0.25, -0.2) is 0 Å². The van der Waals surface area contributed by atoms with E-state index in [0.29, 0.717) is 5.56 Å². The number of hydrogen-bond donors (Lipinski definition) is 0. The fourth-order valence-electron chi connectivity index (χ4n) is 2.79. The molecule has 0 radical (unpaired) electrons. The highest BCUT2D eigenvalue weighted by atomic mass is 16.5. The summed E-state index contributed by atoms with van der Waals surface area (Å²) in [6.07, 6.45) is 3.53. The minimum absolute atomic E-state index is 0.0294. The molecule has 0 amide bonds. The Labute approximate surface area is 143 Å². The number of rotatable bonds is 4. The molecule has 2 aromatic rings. The van der Waals surface area contributed by atoms with E-state index in [1.54, 1.807) is 6.08 Å². The van der Waals surface area contributed by atoms with Crippen molar-refractivity contribution in [1.82, 2.24) is 0 Å². The van der Waals surface area contributed by atoms with E-state index in [0.717, 1.165) is 37.6 Å². The van der Waals surface area contributed by atoms with Crippen LogP contribution >= 0.6 is 0 Å². The molecule has 0 N–H and O–H groups in total. The molecule has 0 unspecified atom stereocenters. The monoisotopic (exact) mass is 321 g/mol. The highest BCUT2D eigenvalue weighted by Gasteiger charge is 2.11. The molecule has 24 heavy (non-hydrogen) atoms. The molecule has 3 nitrogen and oxygen atoms in total. The van der Waals surface area contributed by atoms with Crippen LogP contribution in [0.4, 0.5) is 5.69 Å². The zero-order valence-corrected chi connectivity index (χ0v) is 14.3. The number of carbonyl (C=O) groups is 1. The van der Waals surface area contributed by atoms with Crippen LogP contribution in [0, 0.1) is 13.8 Å². The van der Waals surface area contributed by atoms with E-state index < -0.39 is 0 Å². The van der Waals surface area contributed by atoms with Gasteiger partial charge in [0.05, 0.1) is 13.2 Å². The van der Waals surface area contributed by atoms with Crippen LogP contribution in [0.25, 0.3) is 6.08 Å². The van der Waals surface area contributed by atoms with Gasteiger partial charge in [0.15, 0.2) is 5.78 Å². The van der Waals surface area contributed by atoms with Crippen molar-refractivity contribution < 1.29 is 9.53 Å². The van der Waals surface area contributed by atoms with Gasteiger partial charge in [-0.05, 0) is 60.9 Å². The standard InChI is InChI=1S/C21H23NO2/c1-16-3-4-18(15-17(16)2)5-10-21(23)19-6-8-20(9-7-19)22-11-13-24-14-12-22/h3-10,15H,11-14H2,1-2H3/b10-5+. The quantitative estimate of drug-likeness (QED) is 0.629. The summed E-state index contributed by atoms with van der Waals surface area (Å²) in [5.74, 6) is 0.0294. The topological polar surface area (TPSA) is 29.5 Å². The molecule has 3 heteroatoms. The minimum Gasteiger partial charge on any atom is -0.378 e. The second kappa shape index (κ2) is 7.45.